The van der Waals surface area contributed by atoms with Crippen LogP contribution < -0.4 is 10.2 Å². The molecule has 1 aliphatic heterocycles. The molecule has 0 saturated heterocycles. The van der Waals surface area contributed by atoms with Crippen molar-refractivity contribution < 1.29 is 4.79 Å². The summed E-state index contributed by atoms with van der Waals surface area (Å²) in [4.78, 5) is 14.7. The summed E-state index contributed by atoms with van der Waals surface area (Å²) >= 11 is 6.04. The fourth-order valence-electron chi connectivity index (χ4n) is 3.12. The number of nitrogens with zero attached hydrogens (tertiary/aromatic N) is 1. The van der Waals surface area contributed by atoms with E-state index in [1.807, 2.05) is 61.2 Å². The van der Waals surface area contributed by atoms with Crippen molar-refractivity contribution in [2.45, 2.75) is 32.4 Å². The van der Waals surface area contributed by atoms with Crippen molar-refractivity contribution in [1.82, 2.24) is 5.32 Å². The lowest BCUT2D eigenvalue weighted by atomic mass is 10.1. The van der Waals surface area contributed by atoms with Crippen molar-refractivity contribution in [3.8, 4) is 0 Å². The lowest BCUT2D eigenvalue weighted by molar-refractivity contribution is -0.120. The van der Waals surface area contributed by atoms with Crippen LogP contribution in [0.5, 0.6) is 0 Å². The molecule has 0 unspecified atom stereocenters. The summed E-state index contributed by atoms with van der Waals surface area (Å²) in [5.74, 6) is 0.115. The van der Waals surface area contributed by atoms with E-state index in [9.17, 15) is 4.79 Å². The van der Waals surface area contributed by atoms with Gasteiger partial charge in [-0.05, 0) is 49.6 Å². The first-order valence-electron chi connectivity index (χ1n) is 7.97. The highest BCUT2D eigenvalue weighted by atomic mass is 35.5. The third-order valence-electron chi connectivity index (χ3n) is 4.37. The maximum absolute atomic E-state index is 12.8. The zero-order valence-corrected chi connectivity index (χ0v) is 14.2. The molecule has 0 radical (unpaired) electrons. The fourth-order valence-corrected chi connectivity index (χ4v) is 3.32. The number of nitrogens with one attached hydrogen (secondary N) is 1. The first kappa shape index (κ1) is 16.0. The molecular weight excluding hydrogens is 308 g/mol. The molecule has 2 aromatic carbocycles. The van der Waals surface area contributed by atoms with E-state index < -0.39 is 0 Å². The van der Waals surface area contributed by atoms with Crippen LogP contribution in [-0.4, -0.2) is 18.5 Å². The van der Waals surface area contributed by atoms with E-state index in [4.69, 9.17) is 11.6 Å². The number of carbonyl (C=O) groups excluding carboxylic acids is 1. The summed E-state index contributed by atoms with van der Waals surface area (Å²) in [6, 6.07) is 15.7. The monoisotopic (exact) mass is 328 g/mol. The molecule has 0 spiro atoms. The van der Waals surface area contributed by atoms with Crippen LogP contribution in [0.25, 0.3) is 0 Å². The number of anilines is 1. The zero-order valence-electron chi connectivity index (χ0n) is 13.4. The number of rotatable bonds is 4. The fraction of sp³-hybridized carbons (Fsp3) is 0.316. The number of hydrogen-bond donors (Lipinski definition) is 1. The van der Waals surface area contributed by atoms with Gasteiger partial charge >= 0.3 is 0 Å². The number of fused-ring (bicyclic) bond motifs is 1. The number of benzene rings is 2. The van der Waals surface area contributed by atoms with Crippen molar-refractivity contribution in [1.29, 1.82) is 0 Å². The van der Waals surface area contributed by atoms with Crippen LogP contribution in [0.1, 0.15) is 31.0 Å². The minimum absolute atomic E-state index is 0.0606. The Balaban J connectivity index is 1.69. The molecular formula is C19H21ClN2O. The summed E-state index contributed by atoms with van der Waals surface area (Å²) in [5, 5.41) is 4.09. The van der Waals surface area contributed by atoms with E-state index in [2.05, 4.69) is 11.4 Å². The summed E-state index contributed by atoms with van der Waals surface area (Å²) in [5.41, 5.74) is 3.37. The van der Waals surface area contributed by atoms with Crippen molar-refractivity contribution in [2.75, 3.05) is 11.4 Å². The Morgan fingerprint density at radius 1 is 1.17 bits per heavy atom. The van der Waals surface area contributed by atoms with Gasteiger partial charge in [-0.25, -0.2) is 0 Å². The standard InChI is InChI=1S/C19H21ClN2O/c1-13(16-7-5-8-17(20)12-16)21-14(2)19(23)22-11-10-15-6-3-4-9-18(15)22/h3-9,12-14,21H,10-11H2,1-2H3/t13-,14+/m0/s1. The van der Waals surface area contributed by atoms with Crippen molar-refractivity contribution in [2.24, 2.45) is 0 Å². The minimum atomic E-state index is -0.255. The molecule has 1 heterocycles. The van der Waals surface area contributed by atoms with Gasteiger partial charge in [0.05, 0.1) is 6.04 Å². The molecule has 0 bridgehead atoms. The van der Waals surface area contributed by atoms with E-state index in [1.165, 1.54) is 5.56 Å². The summed E-state index contributed by atoms with van der Waals surface area (Å²) in [7, 11) is 0. The number of carbonyl (C=O) groups is 1. The molecule has 2 aromatic rings. The highest BCUT2D eigenvalue weighted by Gasteiger charge is 2.28. The van der Waals surface area contributed by atoms with E-state index in [1.54, 1.807) is 0 Å². The van der Waals surface area contributed by atoms with Gasteiger partial charge in [0.1, 0.15) is 0 Å². The molecule has 0 saturated carbocycles. The normalized spacial score (nSPS) is 16.0. The van der Waals surface area contributed by atoms with Gasteiger partial charge in [0, 0.05) is 23.3 Å². The molecule has 1 aliphatic rings. The van der Waals surface area contributed by atoms with Crippen molar-refractivity contribution >= 4 is 23.2 Å². The van der Waals surface area contributed by atoms with Gasteiger partial charge in [-0.15, -0.1) is 0 Å². The molecule has 3 nitrogen and oxygen atoms in total. The molecule has 1 N–H and O–H groups in total. The Morgan fingerprint density at radius 2 is 1.96 bits per heavy atom. The Kier molecular flexibility index (Phi) is 4.69. The Morgan fingerprint density at radius 3 is 2.74 bits per heavy atom. The van der Waals surface area contributed by atoms with E-state index in [0.29, 0.717) is 5.02 Å². The predicted octanol–water partition coefficient (Wildman–Crippen LogP) is 3.97. The predicted molar refractivity (Wildman–Crippen MR) is 95.0 cm³/mol. The molecule has 2 atom stereocenters. The molecule has 0 aliphatic carbocycles. The maximum Gasteiger partial charge on any atom is 0.243 e. The van der Waals surface area contributed by atoms with Gasteiger partial charge in [0.15, 0.2) is 0 Å². The van der Waals surface area contributed by atoms with E-state index >= 15 is 0 Å². The molecule has 23 heavy (non-hydrogen) atoms. The smallest absolute Gasteiger partial charge is 0.243 e. The SMILES string of the molecule is C[C@H](N[C@H](C)C(=O)N1CCc2ccccc21)c1cccc(Cl)c1. The molecule has 4 heteroatoms. The molecule has 1 amide bonds. The van der Waals surface area contributed by atoms with Gasteiger partial charge < -0.3 is 4.90 Å². The lowest BCUT2D eigenvalue weighted by Gasteiger charge is -2.25. The molecule has 3 rings (SSSR count). The average molecular weight is 329 g/mol. The van der Waals surface area contributed by atoms with Crippen LogP contribution in [0.2, 0.25) is 5.02 Å². The van der Waals surface area contributed by atoms with Crippen LogP contribution >= 0.6 is 11.6 Å². The van der Waals surface area contributed by atoms with Crippen LogP contribution in [0.15, 0.2) is 48.5 Å². The van der Waals surface area contributed by atoms with Gasteiger partial charge in [-0.3, -0.25) is 10.1 Å². The first-order chi connectivity index (χ1) is 11.1. The summed E-state index contributed by atoms with van der Waals surface area (Å²) < 4.78 is 0. The van der Waals surface area contributed by atoms with Crippen LogP contribution in [0, 0.1) is 0 Å². The van der Waals surface area contributed by atoms with Crippen molar-refractivity contribution in [3.05, 3.63) is 64.7 Å². The first-order valence-corrected chi connectivity index (χ1v) is 8.35. The third-order valence-corrected chi connectivity index (χ3v) is 4.61. The van der Waals surface area contributed by atoms with Crippen LogP contribution in [0.3, 0.4) is 0 Å². The Hall–Kier alpha value is -1.84. The van der Waals surface area contributed by atoms with Crippen LogP contribution in [-0.2, 0) is 11.2 Å². The number of amides is 1. The quantitative estimate of drug-likeness (QED) is 0.921. The van der Waals surface area contributed by atoms with Gasteiger partial charge in [0.25, 0.3) is 0 Å². The topological polar surface area (TPSA) is 32.3 Å². The molecule has 0 fully saturated rings. The molecule has 120 valence electrons. The average Bonchev–Trinajstić information content (AvgIpc) is 2.98. The van der Waals surface area contributed by atoms with Gasteiger partial charge in [-0.1, -0.05) is 41.9 Å². The molecule has 0 aromatic heterocycles. The highest BCUT2D eigenvalue weighted by molar-refractivity contribution is 6.30. The Labute approximate surface area is 142 Å². The second kappa shape index (κ2) is 6.73. The maximum atomic E-state index is 12.8. The second-order valence-corrected chi connectivity index (χ2v) is 6.47. The number of para-hydroxylation sites is 1. The van der Waals surface area contributed by atoms with Crippen molar-refractivity contribution in [3.63, 3.8) is 0 Å². The highest BCUT2D eigenvalue weighted by Crippen LogP contribution is 2.28. The lowest BCUT2D eigenvalue weighted by Crippen LogP contribution is -2.45. The van der Waals surface area contributed by atoms with Gasteiger partial charge in [0.2, 0.25) is 5.91 Å². The summed E-state index contributed by atoms with van der Waals surface area (Å²) in [6.45, 7) is 4.73. The minimum Gasteiger partial charge on any atom is -0.310 e. The van der Waals surface area contributed by atoms with E-state index in [-0.39, 0.29) is 18.0 Å². The number of hydrogen-bond acceptors (Lipinski definition) is 2. The van der Waals surface area contributed by atoms with E-state index in [0.717, 1.165) is 24.2 Å². The van der Waals surface area contributed by atoms with Crippen LogP contribution in [0.4, 0.5) is 5.69 Å². The second-order valence-electron chi connectivity index (χ2n) is 6.03. The largest absolute Gasteiger partial charge is 0.310 e. The zero-order chi connectivity index (χ0) is 16.4. The Bertz CT molecular complexity index is 716. The summed E-state index contributed by atoms with van der Waals surface area (Å²) in [6.07, 6.45) is 0.929. The third kappa shape index (κ3) is 3.41. The number of halogens is 1. The van der Waals surface area contributed by atoms with Gasteiger partial charge in [-0.2, -0.15) is 0 Å².